The van der Waals surface area contributed by atoms with Crippen LogP contribution in [-0.2, 0) is 14.4 Å². The molecule has 0 spiro atoms. The molecule has 1 aliphatic carbocycles. The smallest absolute Gasteiger partial charge is 0.334 e. The normalized spacial score (nSPS) is 20.3. The van der Waals surface area contributed by atoms with Crippen LogP contribution in [0.5, 0.6) is 0 Å². The summed E-state index contributed by atoms with van der Waals surface area (Å²) in [5.74, 6) is -7.96. The van der Waals surface area contributed by atoms with Gasteiger partial charge in [-0.25, -0.2) is 13.7 Å². The van der Waals surface area contributed by atoms with Crippen molar-refractivity contribution in [2.24, 2.45) is 5.92 Å². The first-order valence-electron chi connectivity index (χ1n) is 8.59. The number of anilines is 1. The first-order valence-corrected chi connectivity index (χ1v) is 8.97. The fraction of sp³-hybridized carbons (Fsp3) is 0.471. The predicted octanol–water partition coefficient (Wildman–Crippen LogP) is 2.30. The summed E-state index contributed by atoms with van der Waals surface area (Å²) in [5, 5.41) is 3.72. The number of hydrogen-bond acceptors (Lipinski definition) is 4. The highest BCUT2D eigenvalue weighted by Crippen LogP contribution is 2.48. The van der Waals surface area contributed by atoms with Gasteiger partial charge < -0.3 is 10.6 Å². The van der Waals surface area contributed by atoms with E-state index in [0.29, 0.717) is 12.6 Å². The maximum atomic E-state index is 13.8. The van der Waals surface area contributed by atoms with Crippen molar-refractivity contribution >= 4 is 35.0 Å². The Balaban J connectivity index is 1.93. The molecule has 3 rings (SSSR count). The zero-order chi connectivity index (χ0) is 21.6. The maximum absolute atomic E-state index is 13.8. The number of carbonyl (C=O) groups excluding carboxylic acids is 3. The number of hydrogen-bond donors (Lipinski definition) is 2. The molecule has 1 aliphatic heterocycles. The lowest BCUT2D eigenvalue weighted by Gasteiger charge is -2.26. The van der Waals surface area contributed by atoms with Gasteiger partial charge in [-0.3, -0.25) is 14.4 Å². The molecule has 2 aliphatic rings. The van der Waals surface area contributed by atoms with Crippen LogP contribution in [-0.4, -0.2) is 42.5 Å². The fourth-order valence-electron chi connectivity index (χ4n) is 3.04. The van der Waals surface area contributed by atoms with Gasteiger partial charge in [0.2, 0.25) is 5.91 Å². The van der Waals surface area contributed by atoms with Gasteiger partial charge in [0.25, 0.3) is 0 Å². The van der Waals surface area contributed by atoms with Crippen molar-refractivity contribution in [3.63, 3.8) is 0 Å². The molecule has 158 valence electrons. The number of carbonyl (C=O) groups is 3. The molecule has 1 saturated heterocycles. The lowest BCUT2D eigenvalue weighted by Crippen LogP contribution is -2.55. The Kier molecular flexibility index (Phi) is 5.56. The molecule has 0 radical (unpaired) electrons. The number of amides is 3. The zero-order valence-electron chi connectivity index (χ0n) is 14.7. The zero-order valence-corrected chi connectivity index (χ0v) is 15.5. The molecule has 1 aromatic carbocycles. The molecule has 1 aromatic rings. The summed E-state index contributed by atoms with van der Waals surface area (Å²) in [6.45, 7) is 0.578. The number of halogens is 6. The van der Waals surface area contributed by atoms with Crippen LogP contribution in [0.1, 0.15) is 19.3 Å². The number of benzene rings is 1. The molecule has 29 heavy (non-hydrogen) atoms. The minimum absolute atomic E-state index is 0.147. The van der Waals surface area contributed by atoms with Crippen molar-refractivity contribution in [1.29, 1.82) is 0 Å². The van der Waals surface area contributed by atoms with E-state index < -0.39 is 70.5 Å². The van der Waals surface area contributed by atoms with Crippen molar-refractivity contribution in [3.05, 3.63) is 28.8 Å². The second-order valence-electron chi connectivity index (χ2n) is 6.93. The third-order valence-corrected chi connectivity index (χ3v) is 5.17. The molecule has 6 nitrogen and oxygen atoms in total. The maximum Gasteiger partial charge on any atom is 0.411 e. The standard InChI is InChI=1S/C17H15ClF5N3O3/c18-10-5-9(6-11(19)12(10)20)26(14(28)8-1-4-24-7-8)15(29)13(27)25-16(2-3-16)17(21,22)23/h5-6,8,24H,1-4,7H2,(H,25,27)/t8-/m0/s1. The highest BCUT2D eigenvalue weighted by atomic mass is 35.5. The second kappa shape index (κ2) is 7.52. The van der Waals surface area contributed by atoms with E-state index in [0.717, 1.165) is 6.07 Å². The van der Waals surface area contributed by atoms with Crippen LogP contribution in [0.15, 0.2) is 12.1 Å². The average Bonchev–Trinajstić information content (AvgIpc) is 3.22. The molecular formula is C17H15ClF5N3O3. The minimum atomic E-state index is -4.78. The van der Waals surface area contributed by atoms with Gasteiger partial charge in [-0.2, -0.15) is 13.2 Å². The van der Waals surface area contributed by atoms with Gasteiger partial charge in [-0.1, -0.05) is 11.6 Å². The molecule has 1 atom stereocenters. The van der Waals surface area contributed by atoms with E-state index in [1.54, 1.807) is 5.32 Å². The van der Waals surface area contributed by atoms with Crippen LogP contribution in [0.25, 0.3) is 0 Å². The van der Waals surface area contributed by atoms with Crippen molar-refractivity contribution in [1.82, 2.24) is 10.6 Å². The summed E-state index contributed by atoms with van der Waals surface area (Å²) in [6, 6.07) is 1.23. The third-order valence-electron chi connectivity index (χ3n) is 4.90. The van der Waals surface area contributed by atoms with E-state index >= 15 is 0 Å². The number of nitrogens with zero attached hydrogens (tertiary/aromatic N) is 1. The molecule has 2 fully saturated rings. The van der Waals surface area contributed by atoms with Crippen molar-refractivity contribution in [2.75, 3.05) is 18.0 Å². The Morgan fingerprint density at radius 3 is 2.34 bits per heavy atom. The summed E-state index contributed by atoms with van der Waals surface area (Å²) < 4.78 is 66.5. The quantitative estimate of drug-likeness (QED) is 0.430. The number of imide groups is 1. The molecule has 12 heteroatoms. The van der Waals surface area contributed by atoms with Crippen molar-refractivity contribution in [3.8, 4) is 0 Å². The van der Waals surface area contributed by atoms with Crippen molar-refractivity contribution < 1.29 is 36.3 Å². The Morgan fingerprint density at radius 1 is 1.21 bits per heavy atom. The molecule has 0 aromatic heterocycles. The number of nitrogens with one attached hydrogen (secondary N) is 2. The first-order chi connectivity index (χ1) is 13.5. The molecule has 3 amide bonds. The van der Waals surface area contributed by atoms with Gasteiger partial charge in [0.05, 0.1) is 16.6 Å². The van der Waals surface area contributed by atoms with Crippen LogP contribution in [0.2, 0.25) is 5.02 Å². The summed E-state index contributed by atoms with van der Waals surface area (Å²) in [4.78, 5) is 37.9. The van der Waals surface area contributed by atoms with Crippen molar-refractivity contribution in [2.45, 2.75) is 31.0 Å². The summed E-state index contributed by atoms with van der Waals surface area (Å²) in [5.41, 5.74) is -3.09. The monoisotopic (exact) mass is 439 g/mol. The minimum Gasteiger partial charge on any atom is -0.334 e. The second-order valence-corrected chi connectivity index (χ2v) is 7.33. The third kappa shape index (κ3) is 4.06. The van der Waals surface area contributed by atoms with Gasteiger partial charge >= 0.3 is 18.0 Å². The number of alkyl halides is 3. The summed E-state index contributed by atoms with van der Waals surface area (Å²) in [6.07, 6.45) is -5.31. The molecule has 0 bridgehead atoms. The Morgan fingerprint density at radius 2 is 1.86 bits per heavy atom. The average molecular weight is 440 g/mol. The lowest BCUT2D eigenvalue weighted by molar-refractivity contribution is -0.171. The van der Waals surface area contributed by atoms with Crippen LogP contribution in [0.3, 0.4) is 0 Å². The van der Waals surface area contributed by atoms with E-state index in [9.17, 15) is 36.3 Å². The van der Waals surface area contributed by atoms with Crippen LogP contribution < -0.4 is 15.5 Å². The van der Waals surface area contributed by atoms with Crippen LogP contribution in [0.4, 0.5) is 27.6 Å². The van der Waals surface area contributed by atoms with E-state index in [2.05, 4.69) is 5.32 Å². The molecule has 2 N–H and O–H groups in total. The largest absolute Gasteiger partial charge is 0.411 e. The summed E-state index contributed by atoms with van der Waals surface area (Å²) >= 11 is 5.56. The van der Waals surface area contributed by atoms with E-state index in [1.165, 1.54) is 0 Å². The van der Waals surface area contributed by atoms with Crippen LogP contribution >= 0.6 is 11.6 Å². The molecule has 1 heterocycles. The Labute approximate surface area is 166 Å². The highest BCUT2D eigenvalue weighted by Gasteiger charge is 2.64. The lowest BCUT2D eigenvalue weighted by atomic mass is 10.1. The molecular weight excluding hydrogens is 425 g/mol. The van der Waals surface area contributed by atoms with Gasteiger partial charge in [-0.05, 0) is 31.9 Å². The first kappa shape index (κ1) is 21.4. The van der Waals surface area contributed by atoms with Gasteiger partial charge in [0.15, 0.2) is 11.6 Å². The predicted molar refractivity (Wildman–Crippen MR) is 91.0 cm³/mol. The molecule has 1 saturated carbocycles. The van der Waals surface area contributed by atoms with E-state index in [1.807, 2.05) is 0 Å². The SMILES string of the molecule is O=C(NC1(C(F)(F)F)CC1)C(=O)N(C(=O)[C@H]1CCNC1)c1cc(F)c(F)c(Cl)c1. The Bertz CT molecular complexity index is 843. The Hall–Kier alpha value is -2.27. The van der Waals surface area contributed by atoms with Gasteiger partial charge in [-0.15, -0.1) is 0 Å². The van der Waals surface area contributed by atoms with Gasteiger partial charge in [0.1, 0.15) is 5.54 Å². The number of rotatable bonds is 3. The van der Waals surface area contributed by atoms with Crippen LogP contribution in [0, 0.1) is 17.6 Å². The topological polar surface area (TPSA) is 78.5 Å². The highest BCUT2D eigenvalue weighted by molar-refractivity contribution is 6.45. The van der Waals surface area contributed by atoms with E-state index in [4.69, 9.17) is 11.6 Å². The van der Waals surface area contributed by atoms with E-state index in [-0.39, 0.29) is 17.9 Å². The van der Waals surface area contributed by atoms with Gasteiger partial charge in [0, 0.05) is 12.6 Å². The molecule has 0 unspecified atom stereocenters. The summed E-state index contributed by atoms with van der Waals surface area (Å²) in [7, 11) is 0. The fourth-order valence-corrected chi connectivity index (χ4v) is 3.24.